The van der Waals surface area contributed by atoms with E-state index in [1.54, 1.807) is 10.9 Å². The number of hydrogen-bond acceptors (Lipinski definition) is 5. The number of amides is 1. The number of nitrogens with zero attached hydrogens (tertiary/aromatic N) is 5. The summed E-state index contributed by atoms with van der Waals surface area (Å²) in [5.41, 5.74) is 3.14. The first-order valence-electron chi connectivity index (χ1n) is 10.0. The number of nitrogens with one attached hydrogen (secondary N) is 1. The number of hydrogen-bond donors (Lipinski definition) is 1. The molecule has 4 rings (SSSR count). The maximum Gasteiger partial charge on any atom is 0.280 e. The Hall–Kier alpha value is -3.52. The van der Waals surface area contributed by atoms with Gasteiger partial charge in [-0.1, -0.05) is 47.7 Å². The Morgan fingerprint density at radius 1 is 1.10 bits per heavy atom. The van der Waals surface area contributed by atoms with Crippen molar-refractivity contribution in [3.8, 4) is 0 Å². The van der Waals surface area contributed by atoms with Crippen molar-refractivity contribution in [3.63, 3.8) is 0 Å². The van der Waals surface area contributed by atoms with Crippen LogP contribution in [0.25, 0.3) is 11.0 Å². The molecule has 1 amide bonds. The van der Waals surface area contributed by atoms with E-state index in [1.807, 2.05) is 66.1 Å². The molecule has 2 aromatic heterocycles. The molecule has 0 aliphatic rings. The molecule has 4 aromatic rings. The summed E-state index contributed by atoms with van der Waals surface area (Å²) in [6, 6.07) is 17.7. The van der Waals surface area contributed by atoms with Crippen LogP contribution in [0.4, 0.5) is 5.95 Å². The highest BCUT2D eigenvalue weighted by molar-refractivity contribution is 6.02. The molecule has 0 aliphatic carbocycles. The number of carbonyl (C=O) groups is 1. The number of carbonyl (C=O) groups excluding carboxylic acids is 1. The van der Waals surface area contributed by atoms with Crippen LogP contribution in [0.2, 0.25) is 0 Å². The molecule has 30 heavy (non-hydrogen) atoms. The summed E-state index contributed by atoms with van der Waals surface area (Å²) in [6.07, 6.45) is 2.47. The fourth-order valence-corrected chi connectivity index (χ4v) is 3.28. The minimum atomic E-state index is -0.337. The largest absolute Gasteiger partial charge is 0.382 e. The van der Waals surface area contributed by atoms with E-state index in [4.69, 9.17) is 4.74 Å². The summed E-state index contributed by atoms with van der Waals surface area (Å²) in [5, 5.41) is 11.0. The van der Waals surface area contributed by atoms with E-state index in [1.165, 1.54) is 0 Å². The number of ether oxygens (including phenoxy) is 1. The van der Waals surface area contributed by atoms with E-state index in [9.17, 15) is 4.79 Å². The lowest BCUT2D eigenvalue weighted by molar-refractivity contribution is 0.102. The molecule has 1 N–H and O–H groups in total. The molecule has 0 unspecified atom stereocenters. The van der Waals surface area contributed by atoms with Crippen molar-refractivity contribution < 1.29 is 9.53 Å². The van der Waals surface area contributed by atoms with Gasteiger partial charge in [-0.15, -0.1) is 5.10 Å². The van der Waals surface area contributed by atoms with Gasteiger partial charge in [0.25, 0.3) is 5.91 Å². The standard InChI is InChI=1S/C22H24N6O2/c1-2-30-14-8-13-28-20-12-7-6-11-18(20)23-22(28)24-21(29)19-16-27(26-25-19)15-17-9-4-3-5-10-17/h3-7,9-12,16H,2,8,13-15H2,1H3,(H,23,24,29). The molecule has 0 saturated heterocycles. The van der Waals surface area contributed by atoms with Crippen molar-refractivity contribution in [2.45, 2.75) is 26.4 Å². The molecule has 0 radical (unpaired) electrons. The smallest absolute Gasteiger partial charge is 0.280 e. The van der Waals surface area contributed by atoms with E-state index in [2.05, 4.69) is 20.6 Å². The number of para-hydroxylation sites is 2. The summed E-state index contributed by atoms with van der Waals surface area (Å²) in [7, 11) is 0. The third-order valence-electron chi connectivity index (χ3n) is 4.71. The third-order valence-corrected chi connectivity index (χ3v) is 4.71. The van der Waals surface area contributed by atoms with Gasteiger partial charge in [-0.3, -0.25) is 10.1 Å². The Bertz CT molecular complexity index is 1120. The molecular weight excluding hydrogens is 380 g/mol. The predicted octanol–water partition coefficient (Wildman–Crippen LogP) is 3.36. The van der Waals surface area contributed by atoms with E-state index < -0.39 is 0 Å². The Morgan fingerprint density at radius 3 is 2.73 bits per heavy atom. The first-order valence-corrected chi connectivity index (χ1v) is 10.0. The van der Waals surface area contributed by atoms with E-state index >= 15 is 0 Å². The second kappa shape index (κ2) is 9.32. The average Bonchev–Trinajstić information content (AvgIpc) is 3.37. The summed E-state index contributed by atoms with van der Waals surface area (Å²) >= 11 is 0. The van der Waals surface area contributed by atoms with Gasteiger partial charge < -0.3 is 9.30 Å². The van der Waals surface area contributed by atoms with Gasteiger partial charge in [0.2, 0.25) is 5.95 Å². The van der Waals surface area contributed by atoms with E-state index in [0.29, 0.717) is 32.3 Å². The number of anilines is 1. The molecule has 0 bridgehead atoms. The van der Waals surface area contributed by atoms with Crippen LogP contribution in [-0.2, 0) is 17.8 Å². The minimum Gasteiger partial charge on any atom is -0.382 e. The van der Waals surface area contributed by atoms with Crippen LogP contribution in [0, 0.1) is 0 Å². The van der Waals surface area contributed by atoms with Gasteiger partial charge in [0.1, 0.15) is 0 Å². The van der Waals surface area contributed by atoms with Crippen molar-refractivity contribution >= 4 is 22.9 Å². The van der Waals surface area contributed by atoms with Gasteiger partial charge in [-0.25, -0.2) is 9.67 Å². The van der Waals surface area contributed by atoms with Crippen LogP contribution in [0.15, 0.2) is 60.8 Å². The summed E-state index contributed by atoms with van der Waals surface area (Å²) in [4.78, 5) is 17.4. The molecule has 8 heteroatoms. The van der Waals surface area contributed by atoms with Crippen LogP contribution in [0.1, 0.15) is 29.4 Å². The monoisotopic (exact) mass is 404 g/mol. The van der Waals surface area contributed by atoms with Gasteiger partial charge in [0, 0.05) is 19.8 Å². The van der Waals surface area contributed by atoms with Gasteiger partial charge in [-0.05, 0) is 31.0 Å². The number of imidazole rings is 1. The van der Waals surface area contributed by atoms with Gasteiger partial charge >= 0.3 is 0 Å². The average molecular weight is 404 g/mol. The lowest BCUT2D eigenvalue weighted by Crippen LogP contribution is -2.17. The molecule has 0 fully saturated rings. The molecule has 0 atom stereocenters. The van der Waals surface area contributed by atoms with E-state index in [0.717, 1.165) is 23.0 Å². The molecule has 2 aromatic carbocycles. The van der Waals surface area contributed by atoms with E-state index in [-0.39, 0.29) is 11.6 Å². The van der Waals surface area contributed by atoms with Crippen molar-refractivity contribution in [1.82, 2.24) is 24.5 Å². The fraction of sp³-hybridized carbons (Fsp3) is 0.273. The highest BCUT2D eigenvalue weighted by atomic mass is 16.5. The zero-order valence-corrected chi connectivity index (χ0v) is 16.9. The summed E-state index contributed by atoms with van der Waals surface area (Å²) in [5.74, 6) is 0.158. The second-order valence-electron chi connectivity index (χ2n) is 6.87. The van der Waals surface area contributed by atoms with Gasteiger partial charge in [0.15, 0.2) is 5.69 Å². The number of fused-ring (bicyclic) bond motifs is 1. The molecule has 0 aliphatic heterocycles. The highest BCUT2D eigenvalue weighted by Crippen LogP contribution is 2.20. The molecule has 8 nitrogen and oxygen atoms in total. The Kier molecular flexibility index (Phi) is 6.14. The van der Waals surface area contributed by atoms with Crippen LogP contribution in [0.3, 0.4) is 0 Å². The number of aryl methyl sites for hydroxylation is 1. The van der Waals surface area contributed by atoms with Crippen LogP contribution < -0.4 is 5.32 Å². The lowest BCUT2D eigenvalue weighted by atomic mass is 10.2. The predicted molar refractivity (Wildman–Crippen MR) is 114 cm³/mol. The maximum absolute atomic E-state index is 12.8. The molecule has 2 heterocycles. The first kappa shape index (κ1) is 19.8. The van der Waals surface area contributed by atoms with Crippen molar-refractivity contribution in [2.24, 2.45) is 0 Å². The molecular formula is C22H24N6O2. The van der Waals surface area contributed by atoms with Gasteiger partial charge in [0.05, 0.1) is 23.8 Å². The normalized spacial score (nSPS) is 11.1. The number of benzene rings is 2. The molecule has 154 valence electrons. The Balaban J connectivity index is 1.50. The molecule has 0 saturated carbocycles. The Morgan fingerprint density at radius 2 is 1.90 bits per heavy atom. The maximum atomic E-state index is 12.8. The van der Waals surface area contributed by atoms with Gasteiger partial charge in [-0.2, -0.15) is 0 Å². The van der Waals surface area contributed by atoms with Crippen LogP contribution in [0.5, 0.6) is 0 Å². The van der Waals surface area contributed by atoms with Crippen molar-refractivity contribution in [2.75, 3.05) is 18.5 Å². The van der Waals surface area contributed by atoms with Crippen molar-refractivity contribution in [1.29, 1.82) is 0 Å². The zero-order chi connectivity index (χ0) is 20.8. The fourth-order valence-electron chi connectivity index (χ4n) is 3.28. The Labute approximate surface area is 174 Å². The first-order chi connectivity index (χ1) is 14.7. The second-order valence-corrected chi connectivity index (χ2v) is 6.87. The molecule has 0 spiro atoms. The lowest BCUT2D eigenvalue weighted by Gasteiger charge is -2.09. The highest BCUT2D eigenvalue weighted by Gasteiger charge is 2.16. The minimum absolute atomic E-state index is 0.249. The van der Waals surface area contributed by atoms with Crippen LogP contribution >= 0.6 is 0 Å². The van der Waals surface area contributed by atoms with Crippen LogP contribution in [-0.4, -0.2) is 43.7 Å². The summed E-state index contributed by atoms with van der Waals surface area (Å²) in [6.45, 7) is 4.56. The zero-order valence-electron chi connectivity index (χ0n) is 16.9. The third kappa shape index (κ3) is 4.55. The SMILES string of the molecule is CCOCCCn1c(NC(=O)c2cn(Cc3ccccc3)nn2)nc2ccccc21. The topological polar surface area (TPSA) is 86.9 Å². The quantitative estimate of drug-likeness (QED) is 0.432. The number of rotatable bonds is 9. The van der Waals surface area contributed by atoms with Crippen molar-refractivity contribution in [3.05, 3.63) is 72.1 Å². The summed E-state index contributed by atoms with van der Waals surface area (Å²) < 4.78 is 9.09. The number of aromatic nitrogens is 5.